The maximum Gasteiger partial charge on any atom is 0.166 e. The molecule has 4 nitrogen and oxygen atoms in total. The molecule has 0 bridgehead atoms. The first-order valence-electron chi connectivity index (χ1n) is 6.44. The first-order valence-corrected chi connectivity index (χ1v) is 6.44. The Kier molecular flexibility index (Phi) is 4.52. The summed E-state index contributed by atoms with van der Waals surface area (Å²) in [5, 5.41) is 0. The number of benzene rings is 1. The molecule has 0 fully saturated rings. The van der Waals surface area contributed by atoms with Gasteiger partial charge in [-0.25, -0.2) is 4.39 Å². The van der Waals surface area contributed by atoms with Gasteiger partial charge in [0.15, 0.2) is 17.9 Å². The lowest BCUT2D eigenvalue weighted by atomic mass is 10.1. The molecule has 0 atom stereocenters. The highest BCUT2D eigenvalue weighted by atomic mass is 19.1. The zero-order valence-electron chi connectivity index (χ0n) is 12.1. The monoisotopic (exact) mass is 289 g/mol. The van der Waals surface area contributed by atoms with E-state index in [1.807, 2.05) is 13.8 Å². The third-order valence-electron chi connectivity index (χ3n) is 3.23. The van der Waals surface area contributed by atoms with E-state index in [4.69, 9.17) is 9.47 Å². The van der Waals surface area contributed by atoms with Gasteiger partial charge in [-0.1, -0.05) is 6.07 Å². The number of carbonyl (C=O) groups is 1. The minimum absolute atomic E-state index is 0.0598. The van der Waals surface area contributed by atoms with Crippen LogP contribution in [-0.4, -0.2) is 18.4 Å². The Morgan fingerprint density at radius 2 is 2.05 bits per heavy atom. The van der Waals surface area contributed by atoms with Crippen molar-refractivity contribution in [1.82, 2.24) is 4.98 Å². The molecule has 1 aromatic heterocycles. The van der Waals surface area contributed by atoms with E-state index in [0.29, 0.717) is 12.0 Å². The molecule has 1 aromatic carbocycles. The van der Waals surface area contributed by atoms with Crippen molar-refractivity contribution in [2.75, 3.05) is 7.11 Å². The molecule has 2 rings (SSSR count). The largest absolute Gasteiger partial charge is 0.496 e. The molecular formula is C16H16FNO3. The van der Waals surface area contributed by atoms with Gasteiger partial charge in [-0.05, 0) is 26.0 Å². The van der Waals surface area contributed by atoms with Crippen molar-refractivity contribution in [3.63, 3.8) is 0 Å². The minimum Gasteiger partial charge on any atom is -0.496 e. The summed E-state index contributed by atoms with van der Waals surface area (Å²) in [5.41, 5.74) is 2.56. The summed E-state index contributed by atoms with van der Waals surface area (Å²) < 4.78 is 24.5. The predicted molar refractivity (Wildman–Crippen MR) is 76.4 cm³/mol. The number of aldehydes is 1. The van der Waals surface area contributed by atoms with Crippen LogP contribution in [0.2, 0.25) is 0 Å². The number of hydrogen-bond acceptors (Lipinski definition) is 4. The Labute approximate surface area is 122 Å². The van der Waals surface area contributed by atoms with Crippen LogP contribution in [0.1, 0.15) is 27.2 Å². The molecular weight excluding hydrogens is 273 g/mol. The van der Waals surface area contributed by atoms with E-state index < -0.39 is 5.82 Å². The second-order valence-corrected chi connectivity index (χ2v) is 4.61. The SMILES string of the molecule is COc1c(C)cnc(COc2c(F)cccc2C=O)c1C. The van der Waals surface area contributed by atoms with Crippen LogP contribution < -0.4 is 9.47 Å². The van der Waals surface area contributed by atoms with E-state index in [9.17, 15) is 9.18 Å². The van der Waals surface area contributed by atoms with Crippen LogP contribution in [-0.2, 0) is 6.61 Å². The molecule has 0 aliphatic heterocycles. The molecule has 0 saturated carbocycles. The Balaban J connectivity index is 2.27. The Morgan fingerprint density at radius 1 is 1.29 bits per heavy atom. The van der Waals surface area contributed by atoms with E-state index in [0.717, 1.165) is 16.9 Å². The van der Waals surface area contributed by atoms with E-state index >= 15 is 0 Å². The van der Waals surface area contributed by atoms with Crippen LogP contribution in [0.25, 0.3) is 0 Å². The second-order valence-electron chi connectivity index (χ2n) is 4.61. The van der Waals surface area contributed by atoms with Gasteiger partial charge in [-0.2, -0.15) is 0 Å². The maximum atomic E-state index is 13.7. The Bertz CT molecular complexity index is 671. The van der Waals surface area contributed by atoms with Crippen molar-refractivity contribution < 1.29 is 18.7 Å². The van der Waals surface area contributed by atoms with Crippen LogP contribution in [0.5, 0.6) is 11.5 Å². The van der Waals surface area contributed by atoms with Gasteiger partial charge in [0.05, 0.1) is 18.4 Å². The average molecular weight is 289 g/mol. The number of halogens is 1. The van der Waals surface area contributed by atoms with Crippen LogP contribution >= 0.6 is 0 Å². The molecule has 0 saturated heterocycles. The highest BCUT2D eigenvalue weighted by Crippen LogP contribution is 2.26. The van der Waals surface area contributed by atoms with Gasteiger partial charge in [-0.15, -0.1) is 0 Å². The number of carbonyl (C=O) groups excluding carboxylic acids is 1. The summed E-state index contributed by atoms with van der Waals surface area (Å²) in [6.45, 7) is 3.81. The first kappa shape index (κ1) is 15.0. The molecule has 0 spiro atoms. The number of rotatable bonds is 5. The summed E-state index contributed by atoms with van der Waals surface area (Å²) in [6.07, 6.45) is 2.24. The molecule has 0 unspecified atom stereocenters. The van der Waals surface area contributed by atoms with Crippen molar-refractivity contribution in [2.45, 2.75) is 20.5 Å². The maximum absolute atomic E-state index is 13.7. The minimum atomic E-state index is -0.573. The molecule has 0 radical (unpaired) electrons. The van der Waals surface area contributed by atoms with Gasteiger partial charge in [0.2, 0.25) is 0 Å². The smallest absolute Gasteiger partial charge is 0.166 e. The van der Waals surface area contributed by atoms with Crippen molar-refractivity contribution in [3.05, 3.63) is 52.6 Å². The lowest BCUT2D eigenvalue weighted by Crippen LogP contribution is -2.06. The zero-order valence-corrected chi connectivity index (χ0v) is 12.1. The summed E-state index contributed by atoms with van der Waals surface area (Å²) in [6, 6.07) is 4.21. The molecule has 21 heavy (non-hydrogen) atoms. The number of aromatic nitrogens is 1. The van der Waals surface area contributed by atoms with Gasteiger partial charge in [-0.3, -0.25) is 9.78 Å². The van der Waals surface area contributed by atoms with Crippen molar-refractivity contribution in [2.24, 2.45) is 0 Å². The summed E-state index contributed by atoms with van der Waals surface area (Å²) in [7, 11) is 1.58. The number of methoxy groups -OCH3 is 1. The predicted octanol–water partition coefficient (Wildman–Crippen LogP) is 3.24. The zero-order chi connectivity index (χ0) is 15.4. The number of nitrogens with zero attached hydrogens (tertiary/aromatic N) is 1. The fraction of sp³-hybridized carbons (Fsp3) is 0.250. The number of hydrogen-bond donors (Lipinski definition) is 0. The molecule has 5 heteroatoms. The van der Waals surface area contributed by atoms with Gasteiger partial charge >= 0.3 is 0 Å². The van der Waals surface area contributed by atoms with Crippen LogP contribution in [0.3, 0.4) is 0 Å². The number of aryl methyl sites for hydroxylation is 1. The molecule has 0 aliphatic rings. The third kappa shape index (κ3) is 3.02. The Hall–Kier alpha value is -2.43. The van der Waals surface area contributed by atoms with E-state index in [1.54, 1.807) is 13.3 Å². The summed E-state index contributed by atoms with van der Waals surface area (Å²) in [5.74, 6) is 0.0947. The Morgan fingerprint density at radius 3 is 2.71 bits per heavy atom. The second kappa shape index (κ2) is 6.35. The van der Waals surface area contributed by atoms with Crippen molar-refractivity contribution in [1.29, 1.82) is 0 Å². The fourth-order valence-electron chi connectivity index (χ4n) is 2.13. The van der Waals surface area contributed by atoms with E-state index in [-0.39, 0.29) is 17.9 Å². The third-order valence-corrected chi connectivity index (χ3v) is 3.23. The fourth-order valence-corrected chi connectivity index (χ4v) is 2.13. The number of ether oxygens (including phenoxy) is 2. The lowest BCUT2D eigenvalue weighted by molar-refractivity contribution is 0.111. The molecule has 110 valence electrons. The molecule has 0 aliphatic carbocycles. The number of pyridine rings is 1. The first-order chi connectivity index (χ1) is 10.1. The van der Waals surface area contributed by atoms with E-state index in [1.165, 1.54) is 18.2 Å². The standard InChI is InChI=1S/C16H16FNO3/c1-10-7-18-14(11(2)15(10)20-3)9-21-16-12(8-19)5-4-6-13(16)17/h4-8H,9H2,1-3H3. The normalized spacial score (nSPS) is 10.3. The molecule has 0 N–H and O–H groups in total. The van der Waals surface area contributed by atoms with Gasteiger partial charge in [0.25, 0.3) is 0 Å². The van der Waals surface area contributed by atoms with Crippen molar-refractivity contribution >= 4 is 6.29 Å². The van der Waals surface area contributed by atoms with E-state index in [2.05, 4.69) is 4.98 Å². The highest BCUT2D eigenvalue weighted by Gasteiger charge is 2.13. The molecule has 2 aromatic rings. The van der Waals surface area contributed by atoms with Gasteiger partial charge in [0, 0.05) is 17.3 Å². The summed E-state index contributed by atoms with van der Waals surface area (Å²) in [4.78, 5) is 15.2. The van der Waals surface area contributed by atoms with Crippen LogP contribution in [0.4, 0.5) is 4.39 Å². The molecule has 0 amide bonds. The number of para-hydroxylation sites is 1. The average Bonchev–Trinajstić information content (AvgIpc) is 2.48. The van der Waals surface area contributed by atoms with Gasteiger partial charge < -0.3 is 9.47 Å². The van der Waals surface area contributed by atoms with Crippen molar-refractivity contribution in [3.8, 4) is 11.5 Å². The topological polar surface area (TPSA) is 48.4 Å². The van der Waals surface area contributed by atoms with Crippen LogP contribution in [0, 0.1) is 19.7 Å². The van der Waals surface area contributed by atoms with Crippen LogP contribution in [0.15, 0.2) is 24.4 Å². The summed E-state index contributed by atoms with van der Waals surface area (Å²) >= 11 is 0. The highest BCUT2D eigenvalue weighted by molar-refractivity contribution is 5.79. The lowest BCUT2D eigenvalue weighted by Gasteiger charge is -2.14. The quantitative estimate of drug-likeness (QED) is 0.793. The molecule has 1 heterocycles. The van der Waals surface area contributed by atoms with Gasteiger partial charge in [0.1, 0.15) is 12.4 Å².